The number of rotatable bonds is 11. The van der Waals surface area contributed by atoms with Crippen LogP contribution in [0.3, 0.4) is 0 Å². The second kappa shape index (κ2) is 12.6. The molecule has 0 heterocycles. The molecule has 0 saturated carbocycles. The Morgan fingerprint density at radius 3 is 2.25 bits per heavy atom. The topological polar surface area (TPSA) is 111 Å². The van der Waals surface area contributed by atoms with Crippen molar-refractivity contribution < 1.29 is 33.1 Å². The van der Waals surface area contributed by atoms with Crippen molar-refractivity contribution in [3.05, 3.63) is 53.1 Å². The van der Waals surface area contributed by atoms with E-state index in [1.54, 1.807) is 24.3 Å². The van der Waals surface area contributed by atoms with E-state index in [0.717, 1.165) is 19.3 Å². The average molecular weight is 462 g/mol. The van der Waals surface area contributed by atoms with Crippen molar-refractivity contribution >= 4 is 30.7 Å². The summed E-state index contributed by atoms with van der Waals surface area (Å²) < 4.78 is 15.6. The summed E-state index contributed by atoms with van der Waals surface area (Å²) in [6.07, 6.45) is 1.95. The summed E-state index contributed by atoms with van der Waals surface area (Å²) in [6, 6.07) is 9.64. The van der Waals surface area contributed by atoms with Crippen molar-refractivity contribution in [2.45, 2.75) is 39.5 Å². The fourth-order valence-electron chi connectivity index (χ4n) is 3.00. The van der Waals surface area contributed by atoms with Crippen molar-refractivity contribution in [2.24, 2.45) is 0 Å². The SMILES string of the molecule is CCCc1c(OCCCCOc2ccc(C(=O)NC(=O)OS)cc2)ccc(C(C)=O)c1O. The maximum absolute atomic E-state index is 11.8. The number of aromatic hydroxyl groups is 1. The molecule has 0 unspecified atom stereocenters. The third-order valence-electron chi connectivity index (χ3n) is 4.60. The Balaban J connectivity index is 1.78. The summed E-state index contributed by atoms with van der Waals surface area (Å²) in [6.45, 7) is 4.32. The van der Waals surface area contributed by atoms with Crippen LogP contribution in [0, 0.1) is 0 Å². The van der Waals surface area contributed by atoms with Crippen molar-refractivity contribution in [1.82, 2.24) is 5.32 Å². The zero-order valence-electron chi connectivity index (χ0n) is 18.1. The standard InChI is InChI=1S/C23H27NO7S/c1-3-6-19-20(12-11-18(15(2)25)21(19)26)30-14-5-4-13-29-17-9-7-16(8-10-17)22(27)24-23(28)31-32/h7-12,26,32H,3-6,13-14H2,1-2H3,(H,24,27,28). The molecule has 0 spiro atoms. The monoisotopic (exact) mass is 461 g/mol. The van der Waals surface area contributed by atoms with Crippen molar-refractivity contribution in [3.8, 4) is 17.2 Å². The maximum atomic E-state index is 11.8. The summed E-state index contributed by atoms with van der Waals surface area (Å²) in [5.74, 6) is 0.398. The smallest absolute Gasteiger partial charge is 0.426 e. The fourth-order valence-corrected chi connectivity index (χ4v) is 3.04. The third kappa shape index (κ3) is 7.19. The lowest BCUT2D eigenvalue weighted by molar-refractivity contribution is 0.0952. The average Bonchev–Trinajstić information content (AvgIpc) is 2.78. The second-order valence-corrected chi connectivity index (χ2v) is 7.19. The highest BCUT2D eigenvalue weighted by molar-refractivity contribution is 7.75. The van der Waals surface area contributed by atoms with E-state index < -0.39 is 12.0 Å². The van der Waals surface area contributed by atoms with Crippen molar-refractivity contribution in [3.63, 3.8) is 0 Å². The number of imide groups is 1. The molecule has 2 amide bonds. The van der Waals surface area contributed by atoms with E-state index in [1.165, 1.54) is 19.1 Å². The van der Waals surface area contributed by atoms with E-state index in [1.807, 2.05) is 12.2 Å². The molecule has 172 valence electrons. The predicted molar refractivity (Wildman–Crippen MR) is 122 cm³/mol. The van der Waals surface area contributed by atoms with Gasteiger partial charge in [0.05, 0.1) is 18.8 Å². The van der Waals surface area contributed by atoms with E-state index in [9.17, 15) is 19.5 Å². The Morgan fingerprint density at radius 1 is 1.00 bits per heavy atom. The van der Waals surface area contributed by atoms with Gasteiger partial charge in [-0.1, -0.05) is 13.3 Å². The first-order chi connectivity index (χ1) is 15.4. The fraction of sp³-hybridized carbons (Fsp3) is 0.348. The molecule has 0 saturated heterocycles. The number of thiol groups is 1. The predicted octanol–water partition coefficient (Wildman–Crippen LogP) is 4.50. The van der Waals surface area contributed by atoms with E-state index in [4.69, 9.17) is 9.47 Å². The molecule has 0 atom stereocenters. The van der Waals surface area contributed by atoms with Crippen LogP contribution < -0.4 is 14.8 Å². The number of unbranched alkanes of at least 4 members (excludes halogenated alkanes) is 1. The summed E-state index contributed by atoms with van der Waals surface area (Å²) in [4.78, 5) is 34.4. The summed E-state index contributed by atoms with van der Waals surface area (Å²) in [7, 11) is 0. The highest BCUT2D eigenvalue weighted by Gasteiger charge is 2.16. The van der Waals surface area contributed by atoms with Gasteiger partial charge in [-0.05, 0) is 62.6 Å². The summed E-state index contributed by atoms with van der Waals surface area (Å²) in [5.41, 5.74) is 1.24. The first-order valence-electron chi connectivity index (χ1n) is 10.3. The highest BCUT2D eigenvalue weighted by Crippen LogP contribution is 2.33. The van der Waals surface area contributed by atoms with Gasteiger partial charge >= 0.3 is 6.09 Å². The summed E-state index contributed by atoms with van der Waals surface area (Å²) >= 11 is 3.32. The Kier molecular flexibility index (Phi) is 9.87. The van der Waals surface area contributed by atoms with Gasteiger partial charge < -0.3 is 18.8 Å². The molecule has 0 aliphatic rings. The molecule has 0 aromatic heterocycles. The van der Waals surface area contributed by atoms with Gasteiger partial charge in [-0.25, -0.2) is 4.79 Å². The van der Waals surface area contributed by atoms with E-state index >= 15 is 0 Å². The quantitative estimate of drug-likeness (QED) is 0.196. The molecular weight excluding hydrogens is 434 g/mol. The van der Waals surface area contributed by atoms with Gasteiger partial charge in [0.15, 0.2) is 5.78 Å². The summed E-state index contributed by atoms with van der Waals surface area (Å²) in [5, 5.41) is 12.4. The molecule has 2 N–H and O–H groups in total. The van der Waals surface area contributed by atoms with Crippen LogP contribution in [-0.4, -0.2) is 36.1 Å². The van der Waals surface area contributed by atoms with Crippen LogP contribution in [0.1, 0.15) is 59.4 Å². The zero-order chi connectivity index (χ0) is 23.5. The molecule has 0 fully saturated rings. The number of ether oxygens (including phenoxy) is 2. The van der Waals surface area contributed by atoms with Crippen LogP contribution >= 0.6 is 12.9 Å². The molecule has 2 aromatic carbocycles. The van der Waals surface area contributed by atoms with Gasteiger partial charge in [-0.2, -0.15) is 0 Å². The van der Waals surface area contributed by atoms with Gasteiger partial charge in [0.1, 0.15) is 17.2 Å². The van der Waals surface area contributed by atoms with E-state index in [2.05, 4.69) is 17.1 Å². The number of benzene rings is 2. The number of ketones is 1. The number of hydrogen-bond acceptors (Lipinski definition) is 8. The van der Waals surface area contributed by atoms with Gasteiger partial charge in [0.25, 0.3) is 5.91 Å². The van der Waals surface area contributed by atoms with Crippen LogP contribution in [0.25, 0.3) is 0 Å². The first-order valence-corrected chi connectivity index (χ1v) is 10.6. The Morgan fingerprint density at radius 2 is 1.66 bits per heavy atom. The third-order valence-corrected chi connectivity index (χ3v) is 4.76. The molecule has 0 aliphatic heterocycles. The molecule has 2 aromatic rings. The number of phenols is 1. The number of hydrogen-bond donors (Lipinski definition) is 3. The molecular formula is C23H27NO7S. The van der Waals surface area contributed by atoms with Gasteiger partial charge in [0, 0.05) is 24.0 Å². The number of carbonyl (C=O) groups is 3. The van der Waals surface area contributed by atoms with Crippen molar-refractivity contribution in [2.75, 3.05) is 13.2 Å². The zero-order valence-corrected chi connectivity index (χ0v) is 18.9. The lowest BCUT2D eigenvalue weighted by Crippen LogP contribution is -2.29. The number of Topliss-reactive ketones (excluding diaryl/α,β-unsaturated/α-hetero) is 1. The molecule has 9 heteroatoms. The molecule has 2 rings (SSSR count). The highest BCUT2D eigenvalue weighted by atomic mass is 32.1. The van der Waals surface area contributed by atoms with Gasteiger partial charge in [-0.3, -0.25) is 14.9 Å². The number of phenolic OH excluding ortho intramolecular Hbond substituents is 1. The normalized spacial score (nSPS) is 10.3. The van der Waals surface area contributed by atoms with Crippen LogP contribution in [0.5, 0.6) is 17.2 Å². The number of amides is 2. The minimum absolute atomic E-state index is 0.000163. The Bertz CT molecular complexity index is 944. The molecule has 32 heavy (non-hydrogen) atoms. The maximum Gasteiger partial charge on any atom is 0.426 e. The van der Waals surface area contributed by atoms with Crippen LogP contribution in [0.4, 0.5) is 4.79 Å². The molecule has 8 nitrogen and oxygen atoms in total. The number of nitrogens with one attached hydrogen (secondary N) is 1. The second-order valence-electron chi connectivity index (χ2n) is 7.01. The minimum Gasteiger partial charge on any atom is -0.507 e. The van der Waals surface area contributed by atoms with Gasteiger partial charge in [-0.15, -0.1) is 0 Å². The van der Waals surface area contributed by atoms with E-state index in [0.29, 0.717) is 42.3 Å². The Hall–Kier alpha value is -3.20. The lowest BCUT2D eigenvalue weighted by Gasteiger charge is -2.14. The lowest BCUT2D eigenvalue weighted by atomic mass is 10.0. The number of carbonyl (C=O) groups excluding carboxylic acids is 3. The molecule has 0 aliphatic carbocycles. The van der Waals surface area contributed by atoms with Crippen molar-refractivity contribution in [1.29, 1.82) is 0 Å². The first kappa shape index (κ1) is 25.1. The Labute approximate surface area is 192 Å². The molecule has 0 bridgehead atoms. The minimum atomic E-state index is -0.951. The van der Waals surface area contributed by atoms with Crippen LogP contribution in [-0.2, 0) is 10.6 Å². The largest absolute Gasteiger partial charge is 0.507 e. The van der Waals surface area contributed by atoms with Crippen LogP contribution in [0.2, 0.25) is 0 Å². The van der Waals surface area contributed by atoms with Crippen LogP contribution in [0.15, 0.2) is 36.4 Å². The van der Waals surface area contributed by atoms with Gasteiger partial charge in [0.2, 0.25) is 0 Å². The molecule has 0 radical (unpaired) electrons. The van der Waals surface area contributed by atoms with E-state index in [-0.39, 0.29) is 17.1 Å².